The predicted octanol–water partition coefficient (Wildman–Crippen LogP) is 4.78. The summed E-state index contributed by atoms with van der Waals surface area (Å²) in [5.41, 5.74) is 2.87. The quantitative estimate of drug-likeness (QED) is 0.527. The van der Waals surface area contributed by atoms with Gasteiger partial charge in [0.2, 0.25) is 0 Å². The minimum absolute atomic E-state index is 0.0693. The first kappa shape index (κ1) is 16.4. The third-order valence-corrected chi connectivity index (χ3v) is 5.05. The molecular weight excluding hydrogens is 393 g/mol. The van der Waals surface area contributed by atoms with Crippen molar-refractivity contribution in [3.05, 3.63) is 62.6 Å². The molecule has 1 aliphatic rings. The molecule has 1 amide bonds. The van der Waals surface area contributed by atoms with Crippen LogP contribution in [0.15, 0.2) is 59.0 Å². The summed E-state index contributed by atoms with van der Waals surface area (Å²) < 4.78 is 1.17. The summed E-state index contributed by atoms with van der Waals surface area (Å²) in [6, 6.07) is 8.07. The summed E-state index contributed by atoms with van der Waals surface area (Å²) in [7, 11) is 0. The maximum absolute atomic E-state index is 12.9. The molecule has 0 saturated carbocycles. The average Bonchev–Trinajstić information content (AvgIpc) is 2.51. The Morgan fingerprint density at radius 3 is 2.57 bits per heavy atom. The Bertz CT molecular complexity index is 616. The van der Waals surface area contributed by atoms with Gasteiger partial charge >= 0.3 is 0 Å². The largest absolute Gasteiger partial charge is 0.308 e. The van der Waals surface area contributed by atoms with Gasteiger partial charge in [0.05, 0.1) is 5.57 Å². The van der Waals surface area contributed by atoms with Gasteiger partial charge in [-0.3, -0.25) is 4.79 Å². The van der Waals surface area contributed by atoms with Crippen LogP contribution >= 0.6 is 34.4 Å². The number of nitrogens with zero attached hydrogens (tertiary/aromatic N) is 1. The van der Waals surface area contributed by atoms with Gasteiger partial charge in [-0.1, -0.05) is 18.7 Å². The standard InChI is InChI=1S/C17H18INOS/c1-4-12-10-11-19(14-8-6-13(18)7-9-14)17(20)16(12)15(5-2)21-3/h4-9H,2,10-11H2,1,3H3/b12-4-,16-15-. The molecule has 0 atom stereocenters. The fourth-order valence-corrected chi connectivity index (χ4v) is 3.39. The molecule has 1 aromatic rings. The molecule has 1 aromatic carbocycles. The number of allylic oxidation sites excluding steroid dienone is 2. The van der Waals surface area contributed by atoms with Gasteiger partial charge in [-0.15, -0.1) is 11.8 Å². The molecule has 110 valence electrons. The molecule has 0 unspecified atom stereocenters. The highest BCUT2D eigenvalue weighted by Crippen LogP contribution is 2.33. The van der Waals surface area contributed by atoms with Crippen LogP contribution < -0.4 is 4.90 Å². The fraction of sp³-hybridized carbons (Fsp3) is 0.235. The first-order valence-electron chi connectivity index (χ1n) is 6.76. The number of hydrogen-bond donors (Lipinski definition) is 0. The van der Waals surface area contributed by atoms with Crippen molar-refractivity contribution in [1.82, 2.24) is 0 Å². The Hall–Kier alpha value is -1.01. The molecule has 1 heterocycles. The first-order valence-corrected chi connectivity index (χ1v) is 9.06. The zero-order valence-electron chi connectivity index (χ0n) is 12.2. The van der Waals surface area contributed by atoms with Gasteiger partial charge < -0.3 is 4.90 Å². The number of amides is 1. The van der Waals surface area contributed by atoms with E-state index in [1.54, 1.807) is 17.8 Å². The van der Waals surface area contributed by atoms with Crippen molar-refractivity contribution in [2.75, 3.05) is 17.7 Å². The molecule has 2 nitrogen and oxygen atoms in total. The van der Waals surface area contributed by atoms with E-state index in [1.807, 2.05) is 48.4 Å². The van der Waals surface area contributed by atoms with E-state index in [0.29, 0.717) is 0 Å². The minimum Gasteiger partial charge on any atom is -0.308 e. The monoisotopic (exact) mass is 411 g/mol. The molecule has 0 bridgehead atoms. The van der Waals surface area contributed by atoms with Crippen molar-refractivity contribution in [2.45, 2.75) is 13.3 Å². The number of halogens is 1. The topological polar surface area (TPSA) is 20.3 Å². The van der Waals surface area contributed by atoms with E-state index in [0.717, 1.165) is 34.7 Å². The summed E-state index contributed by atoms with van der Waals surface area (Å²) in [5, 5.41) is 0. The zero-order valence-corrected chi connectivity index (χ0v) is 15.2. The van der Waals surface area contributed by atoms with Gasteiger partial charge in [-0.2, -0.15) is 0 Å². The average molecular weight is 411 g/mol. The molecule has 1 fully saturated rings. The number of hydrogen-bond acceptors (Lipinski definition) is 2. The molecule has 0 aromatic heterocycles. The molecule has 1 aliphatic heterocycles. The van der Waals surface area contributed by atoms with Crippen LogP contribution in [0.2, 0.25) is 0 Å². The normalized spacial score (nSPS) is 19.9. The third kappa shape index (κ3) is 3.43. The molecule has 0 spiro atoms. The number of anilines is 1. The van der Waals surface area contributed by atoms with Gasteiger partial charge in [0.1, 0.15) is 0 Å². The molecule has 1 saturated heterocycles. The zero-order chi connectivity index (χ0) is 15.4. The Morgan fingerprint density at radius 1 is 1.38 bits per heavy atom. The molecule has 2 rings (SSSR count). The van der Waals surface area contributed by atoms with Crippen LogP contribution in [0.25, 0.3) is 0 Å². The smallest absolute Gasteiger partial charge is 0.259 e. The lowest BCUT2D eigenvalue weighted by atomic mass is 9.95. The van der Waals surface area contributed by atoms with Crippen LogP contribution in [-0.4, -0.2) is 18.7 Å². The van der Waals surface area contributed by atoms with Gasteiger partial charge in [0, 0.05) is 20.7 Å². The maximum atomic E-state index is 12.9. The molecule has 21 heavy (non-hydrogen) atoms. The Labute approximate surface area is 144 Å². The van der Waals surface area contributed by atoms with Crippen LogP contribution in [0.4, 0.5) is 5.69 Å². The van der Waals surface area contributed by atoms with E-state index in [4.69, 9.17) is 0 Å². The van der Waals surface area contributed by atoms with E-state index >= 15 is 0 Å². The van der Waals surface area contributed by atoms with E-state index in [9.17, 15) is 4.79 Å². The second-order valence-corrected chi connectivity index (χ2v) is 6.74. The van der Waals surface area contributed by atoms with Gasteiger partial charge in [-0.05, 0) is 72.0 Å². The summed E-state index contributed by atoms with van der Waals surface area (Å²) >= 11 is 3.84. The Balaban J connectivity index is 2.45. The highest BCUT2D eigenvalue weighted by atomic mass is 127. The number of rotatable bonds is 3. The SMILES string of the molecule is C=C/C(SC)=C1/C(=O)N(c2ccc(I)cc2)CC/C1=C/C. The number of benzene rings is 1. The predicted molar refractivity (Wildman–Crippen MR) is 101 cm³/mol. The molecule has 4 heteroatoms. The fourth-order valence-electron chi connectivity index (χ4n) is 2.44. The number of thioether (sulfide) groups is 1. The summed E-state index contributed by atoms with van der Waals surface area (Å²) in [5.74, 6) is 0.0693. The van der Waals surface area contributed by atoms with Crippen molar-refractivity contribution < 1.29 is 4.79 Å². The number of carbonyl (C=O) groups is 1. The first-order chi connectivity index (χ1) is 10.1. The second kappa shape index (κ2) is 7.31. The van der Waals surface area contributed by atoms with Crippen molar-refractivity contribution in [2.24, 2.45) is 0 Å². The van der Waals surface area contributed by atoms with Gasteiger partial charge in [0.15, 0.2) is 0 Å². The summed E-state index contributed by atoms with van der Waals surface area (Å²) in [6.45, 7) is 6.56. The van der Waals surface area contributed by atoms with E-state index in [2.05, 4.69) is 29.2 Å². The second-order valence-electron chi connectivity index (χ2n) is 4.64. The minimum atomic E-state index is 0.0693. The van der Waals surface area contributed by atoms with E-state index < -0.39 is 0 Å². The van der Waals surface area contributed by atoms with Crippen LogP contribution in [-0.2, 0) is 4.79 Å². The molecular formula is C17H18INOS. The van der Waals surface area contributed by atoms with Crippen LogP contribution in [0.5, 0.6) is 0 Å². The van der Waals surface area contributed by atoms with Crippen molar-refractivity contribution in [1.29, 1.82) is 0 Å². The van der Waals surface area contributed by atoms with Crippen molar-refractivity contribution in [3.63, 3.8) is 0 Å². The molecule has 0 N–H and O–H groups in total. The summed E-state index contributed by atoms with van der Waals surface area (Å²) in [4.78, 5) is 15.7. The lowest BCUT2D eigenvalue weighted by Gasteiger charge is -2.31. The summed E-state index contributed by atoms with van der Waals surface area (Å²) in [6.07, 6.45) is 6.67. The number of carbonyl (C=O) groups excluding carboxylic acids is 1. The lowest BCUT2D eigenvalue weighted by Crippen LogP contribution is -2.38. The molecule has 0 radical (unpaired) electrons. The van der Waals surface area contributed by atoms with Gasteiger partial charge in [-0.25, -0.2) is 0 Å². The van der Waals surface area contributed by atoms with E-state index in [-0.39, 0.29) is 5.91 Å². The van der Waals surface area contributed by atoms with Crippen LogP contribution in [0.1, 0.15) is 13.3 Å². The Morgan fingerprint density at radius 2 is 2.05 bits per heavy atom. The highest BCUT2D eigenvalue weighted by molar-refractivity contribution is 14.1. The van der Waals surface area contributed by atoms with Crippen LogP contribution in [0.3, 0.4) is 0 Å². The van der Waals surface area contributed by atoms with Gasteiger partial charge in [0.25, 0.3) is 5.91 Å². The highest BCUT2D eigenvalue weighted by Gasteiger charge is 2.29. The third-order valence-electron chi connectivity index (χ3n) is 3.52. The Kier molecular flexibility index (Phi) is 5.70. The van der Waals surface area contributed by atoms with Crippen molar-refractivity contribution in [3.8, 4) is 0 Å². The lowest BCUT2D eigenvalue weighted by molar-refractivity contribution is -0.115. The van der Waals surface area contributed by atoms with Crippen LogP contribution in [0, 0.1) is 3.57 Å². The molecule has 0 aliphatic carbocycles. The van der Waals surface area contributed by atoms with Crippen molar-refractivity contribution >= 4 is 45.9 Å². The maximum Gasteiger partial charge on any atom is 0.259 e. The number of piperidine rings is 1. The van der Waals surface area contributed by atoms with E-state index in [1.165, 1.54) is 3.57 Å².